The number of benzene rings is 1. The van der Waals surface area contributed by atoms with Gasteiger partial charge in [0.25, 0.3) is 11.7 Å². The van der Waals surface area contributed by atoms with E-state index in [1.807, 2.05) is 30.3 Å². The molecule has 2 aromatic heterocycles. The van der Waals surface area contributed by atoms with Crippen molar-refractivity contribution in [2.24, 2.45) is 0 Å². The van der Waals surface area contributed by atoms with Gasteiger partial charge < -0.3 is 9.26 Å². The minimum absolute atomic E-state index is 0.132. The first-order valence-electron chi connectivity index (χ1n) is 7.59. The molecule has 2 heterocycles. The van der Waals surface area contributed by atoms with Gasteiger partial charge in [0.2, 0.25) is 0 Å². The molecule has 8 heteroatoms. The van der Waals surface area contributed by atoms with Gasteiger partial charge in [-0.15, -0.1) is 0 Å². The number of rotatable bonds is 5. The smallest absolute Gasteiger partial charge is 0.380 e. The van der Waals surface area contributed by atoms with Crippen molar-refractivity contribution in [3.63, 3.8) is 0 Å². The van der Waals surface area contributed by atoms with Crippen LogP contribution in [0.2, 0.25) is 0 Å². The standard InChI is InChI=1S/C17H16N4O4/c1-10-15(11(2)21(19-10)13-7-5-4-6-8-13)16(22)17(23)24-9-14-18-12(3)20-25-14/h4-8H,9H2,1-3H3. The van der Waals surface area contributed by atoms with Gasteiger partial charge in [0.15, 0.2) is 12.4 Å². The zero-order valence-electron chi connectivity index (χ0n) is 14.0. The molecule has 0 bridgehead atoms. The molecule has 0 spiro atoms. The molecule has 0 atom stereocenters. The lowest BCUT2D eigenvalue weighted by Crippen LogP contribution is -2.19. The first-order chi connectivity index (χ1) is 12.0. The topological polar surface area (TPSA) is 100 Å². The van der Waals surface area contributed by atoms with Crippen molar-refractivity contribution in [2.75, 3.05) is 0 Å². The maximum Gasteiger partial charge on any atom is 0.380 e. The molecule has 25 heavy (non-hydrogen) atoms. The molecule has 0 unspecified atom stereocenters. The summed E-state index contributed by atoms with van der Waals surface area (Å²) in [5, 5.41) is 7.94. The predicted molar refractivity (Wildman–Crippen MR) is 86.2 cm³/mol. The van der Waals surface area contributed by atoms with Crippen molar-refractivity contribution >= 4 is 11.8 Å². The van der Waals surface area contributed by atoms with Crippen molar-refractivity contribution < 1.29 is 18.8 Å². The molecule has 3 rings (SSSR count). The molecule has 8 nitrogen and oxygen atoms in total. The Kier molecular flexibility index (Phi) is 4.42. The molecule has 0 aliphatic carbocycles. The molecular weight excluding hydrogens is 324 g/mol. The summed E-state index contributed by atoms with van der Waals surface area (Å²) in [6.45, 7) is 4.80. The second kappa shape index (κ2) is 6.68. The average Bonchev–Trinajstić information content (AvgIpc) is 3.15. The van der Waals surface area contributed by atoms with Gasteiger partial charge in [-0.05, 0) is 32.9 Å². The van der Waals surface area contributed by atoms with Crippen LogP contribution in [0.1, 0.15) is 33.5 Å². The van der Waals surface area contributed by atoms with E-state index < -0.39 is 11.8 Å². The molecule has 0 aliphatic rings. The highest BCUT2D eigenvalue weighted by Gasteiger charge is 2.26. The second-order valence-electron chi connectivity index (χ2n) is 5.43. The van der Waals surface area contributed by atoms with Crippen molar-refractivity contribution in [2.45, 2.75) is 27.4 Å². The minimum Gasteiger partial charge on any atom is -0.450 e. The highest BCUT2D eigenvalue weighted by atomic mass is 16.6. The van der Waals surface area contributed by atoms with Gasteiger partial charge in [0.1, 0.15) is 0 Å². The third-order valence-electron chi connectivity index (χ3n) is 3.60. The summed E-state index contributed by atoms with van der Waals surface area (Å²) in [5.41, 5.74) is 2.06. The summed E-state index contributed by atoms with van der Waals surface area (Å²) in [4.78, 5) is 28.4. The number of hydrogen-bond donors (Lipinski definition) is 0. The van der Waals surface area contributed by atoms with Crippen LogP contribution in [0.4, 0.5) is 0 Å². The number of carbonyl (C=O) groups excluding carboxylic acids is 2. The molecule has 0 amide bonds. The number of hydrogen-bond acceptors (Lipinski definition) is 7. The van der Waals surface area contributed by atoms with E-state index >= 15 is 0 Å². The van der Waals surface area contributed by atoms with Crippen LogP contribution in [0.15, 0.2) is 34.9 Å². The maximum absolute atomic E-state index is 12.5. The predicted octanol–water partition coefficient (Wildman–Crippen LogP) is 2.11. The highest BCUT2D eigenvalue weighted by Crippen LogP contribution is 2.19. The molecule has 1 aromatic carbocycles. The third kappa shape index (κ3) is 3.32. The average molecular weight is 340 g/mol. The monoisotopic (exact) mass is 340 g/mol. The van der Waals surface area contributed by atoms with Gasteiger partial charge in [-0.1, -0.05) is 23.4 Å². The summed E-state index contributed by atoms with van der Waals surface area (Å²) >= 11 is 0. The summed E-state index contributed by atoms with van der Waals surface area (Å²) in [7, 11) is 0. The zero-order valence-corrected chi connectivity index (χ0v) is 14.0. The van der Waals surface area contributed by atoms with Crippen LogP contribution in [0.3, 0.4) is 0 Å². The fraction of sp³-hybridized carbons (Fsp3) is 0.235. The lowest BCUT2D eigenvalue weighted by Gasteiger charge is -2.05. The molecule has 0 fully saturated rings. The number of ketones is 1. The zero-order chi connectivity index (χ0) is 18.0. The van der Waals surface area contributed by atoms with Crippen LogP contribution in [0.25, 0.3) is 5.69 Å². The Morgan fingerprint density at radius 1 is 1.16 bits per heavy atom. The lowest BCUT2D eigenvalue weighted by molar-refractivity contribution is -0.140. The number of para-hydroxylation sites is 1. The van der Waals surface area contributed by atoms with Gasteiger partial charge in [0, 0.05) is 0 Å². The number of carbonyl (C=O) groups is 2. The second-order valence-corrected chi connectivity index (χ2v) is 5.43. The van der Waals surface area contributed by atoms with Gasteiger partial charge >= 0.3 is 5.97 Å². The summed E-state index contributed by atoms with van der Waals surface area (Å²) < 4.78 is 11.4. The molecule has 3 aromatic rings. The Morgan fingerprint density at radius 3 is 2.52 bits per heavy atom. The van der Waals surface area contributed by atoms with E-state index in [4.69, 9.17) is 9.26 Å². The largest absolute Gasteiger partial charge is 0.450 e. The van der Waals surface area contributed by atoms with E-state index in [1.54, 1.807) is 25.5 Å². The minimum atomic E-state index is -0.991. The van der Waals surface area contributed by atoms with Gasteiger partial charge in [-0.3, -0.25) is 4.79 Å². The fourth-order valence-corrected chi connectivity index (χ4v) is 2.49. The highest BCUT2D eigenvalue weighted by molar-refractivity contribution is 6.41. The number of ether oxygens (including phenoxy) is 1. The Labute approximate surface area is 143 Å². The first-order valence-corrected chi connectivity index (χ1v) is 7.59. The molecule has 0 aliphatic heterocycles. The Hall–Kier alpha value is -3.29. The van der Waals surface area contributed by atoms with Gasteiger partial charge in [-0.25, -0.2) is 9.48 Å². The van der Waals surface area contributed by atoms with Gasteiger partial charge in [-0.2, -0.15) is 10.1 Å². The summed E-state index contributed by atoms with van der Waals surface area (Å²) in [6, 6.07) is 9.35. The van der Waals surface area contributed by atoms with E-state index in [9.17, 15) is 9.59 Å². The molecule has 128 valence electrons. The van der Waals surface area contributed by atoms with Crippen LogP contribution in [-0.2, 0) is 16.1 Å². The van der Waals surface area contributed by atoms with Crippen LogP contribution in [0.5, 0.6) is 0 Å². The summed E-state index contributed by atoms with van der Waals surface area (Å²) in [6.07, 6.45) is 0. The van der Waals surface area contributed by atoms with Crippen LogP contribution in [-0.4, -0.2) is 31.7 Å². The number of Topliss-reactive ketones (excluding diaryl/α,β-unsaturated/α-hetero) is 1. The quantitative estimate of drug-likeness (QED) is 0.398. The Morgan fingerprint density at radius 2 is 1.88 bits per heavy atom. The maximum atomic E-state index is 12.5. The molecule has 0 saturated heterocycles. The van der Waals surface area contributed by atoms with Crippen LogP contribution < -0.4 is 0 Å². The van der Waals surface area contributed by atoms with Crippen LogP contribution in [0, 0.1) is 20.8 Å². The third-order valence-corrected chi connectivity index (χ3v) is 3.60. The first kappa shape index (κ1) is 16.6. The SMILES string of the molecule is Cc1noc(COC(=O)C(=O)c2c(C)nn(-c3ccccc3)c2C)n1. The number of esters is 1. The van der Waals surface area contributed by atoms with Crippen molar-refractivity contribution in [1.29, 1.82) is 0 Å². The van der Waals surface area contributed by atoms with Crippen molar-refractivity contribution in [3.05, 3.63) is 59.0 Å². The Bertz CT molecular complexity index is 928. The Balaban J connectivity index is 1.80. The number of nitrogens with zero attached hydrogens (tertiary/aromatic N) is 4. The van der Waals surface area contributed by atoms with Crippen molar-refractivity contribution in [3.8, 4) is 5.69 Å². The summed E-state index contributed by atoms with van der Waals surface area (Å²) in [5.74, 6) is -1.19. The van der Waals surface area contributed by atoms with E-state index in [0.29, 0.717) is 17.2 Å². The fourth-order valence-electron chi connectivity index (χ4n) is 2.49. The van der Waals surface area contributed by atoms with Gasteiger partial charge in [0.05, 0.1) is 22.6 Å². The number of aromatic nitrogens is 4. The normalized spacial score (nSPS) is 10.7. The molecule has 0 saturated carbocycles. The van der Waals surface area contributed by atoms with E-state index in [-0.39, 0.29) is 18.1 Å². The van der Waals surface area contributed by atoms with Crippen molar-refractivity contribution in [1.82, 2.24) is 19.9 Å². The molecule has 0 radical (unpaired) electrons. The van der Waals surface area contributed by atoms with E-state index in [0.717, 1.165) is 5.69 Å². The van der Waals surface area contributed by atoms with Crippen LogP contribution >= 0.6 is 0 Å². The molecular formula is C17H16N4O4. The lowest BCUT2D eigenvalue weighted by atomic mass is 10.1. The van der Waals surface area contributed by atoms with E-state index in [2.05, 4.69) is 15.2 Å². The molecule has 0 N–H and O–H groups in total. The van der Waals surface area contributed by atoms with E-state index in [1.165, 1.54) is 0 Å². The number of aryl methyl sites for hydroxylation is 2.